The van der Waals surface area contributed by atoms with Gasteiger partial charge in [0.15, 0.2) is 0 Å². The Morgan fingerprint density at radius 1 is 0.774 bits per heavy atom. The average molecular weight is 445 g/mol. The van der Waals surface area contributed by atoms with E-state index in [0.717, 1.165) is 6.42 Å². The molecular formula is C23H40O8. The summed E-state index contributed by atoms with van der Waals surface area (Å²) >= 11 is 0. The molecule has 0 fully saturated rings. The van der Waals surface area contributed by atoms with Gasteiger partial charge < -0.3 is 18.9 Å². The minimum Gasteiger partial charge on any atom is -0.469 e. The van der Waals surface area contributed by atoms with E-state index in [-0.39, 0.29) is 43.6 Å². The fourth-order valence-electron chi connectivity index (χ4n) is 1.63. The van der Waals surface area contributed by atoms with E-state index in [1.807, 2.05) is 27.7 Å². The second kappa shape index (κ2) is 15.4. The smallest absolute Gasteiger partial charge is 0.333 e. The predicted molar refractivity (Wildman–Crippen MR) is 117 cm³/mol. The summed E-state index contributed by atoms with van der Waals surface area (Å²) < 4.78 is 19.4. The van der Waals surface area contributed by atoms with Crippen molar-refractivity contribution in [2.24, 2.45) is 10.8 Å². The first-order valence-electron chi connectivity index (χ1n) is 10.5. The topological polar surface area (TPSA) is 105 Å². The number of hydrogen-bond donors (Lipinski definition) is 0. The Kier molecular flexibility index (Phi) is 15.3. The maximum Gasteiger partial charge on any atom is 0.333 e. The van der Waals surface area contributed by atoms with Gasteiger partial charge in [-0.2, -0.15) is 0 Å². The third kappa shape index (κ3) is 14.3. The van der Waals surface area contributed by atoms with Crippen LogP contribution >= 0.6 is 0 Å². The molecule has 31 heavy (non-hydrogen) atoms. The van der Waals surface area contributed by atoms with E-state index >= 15 is 0 Å². The number of esters is 4. The first kappa shape index (κ1) is 30.8. The van der Waals surface area contributed by atoms with Gasteiger partial charge in [-0.05, 0) is 53.9 Å². The molecule has 8 nitrogen and oxygen atoms in total. The zero-order valence-electron chi connectivity index (χ0n) is 20.4. The summed E-state index contributed by atoms with van der Waals surface area (Å²) in [5.41, 5.74) is -0.522. The normalized spacial score (nSPS) is 10.8. The van der Waals surface area contributed by atoms with E-state index in [0.29, 0.717) is 18.4 Å². The van der Waals surface area contributed by atoms with Gasteiger partial charge in [0.25, 0.3) is 0 Å². The zero-order chi connectivity index (χ0) is 24.7. The molecule has 0 radical (unpaired) electrons. The van der Waals surface area contributed by atoms with E-state index in [4.69, 9.17) is 14.2 Å². The molecular weight excluding hydrogens is 404 g/mol. The molecule has 0 aromatic carbocycles. The second-order valence-electron chi connectivity index (χ2n) is 8.34. The van der Waals surface area contributed by atoms with Crippen molar-refractivity contribution in [1.82, 2.24) is 0 Å². The molecule has 0 spiro atoms. The van der Waals surface area contributed by atoms with Crippen molar-refractivity contribution in [2.75, 3.05) is 26.9 Å². The SMILES string of the molecule is C=C(C)C(=O)OCCCC(=O)OCCOC(=O)C(C)(C)CC.CCC(C)(C)C(=O)OC. The standard InChI is InChI=1S/C16H26O6.C7H14O2/c1-6-16(4,5)15(19)22-11-10-20-13(17)8-7-9-21-14(18)12(2)3;1-5-7(2,3)6(8)9-4/h2,6-11H2,1,3-5H3;5H2,1-4H3. The number of ether oxygens (including phenoxy) is 4. The van der Waals surface area contributed by atoms with Gasteiger partial charge >= 0.3 is 23.9 Å². The summed E-state index contributed by atoms with van der Waals surface area (Å²) in [6, 6.07) is 0. The molecule has 0 heterocycles. The molecule has 0 aromatic rings. The van der Waals surface area contributed by atoms with Gasteiger partial charge in [-0.3, -0.25) is 14.4 Å². The number of carbonyl (C=O) groups is 4. The minimum absolute atomic E-state index is 0.0237. The van der Waals surface area contributed by atoms with Crippen LogP contribution in [0, 0.1) is 10.8 Å². The fraction of sp³-hybridized carbons (Fsp3) is 0.739. The van der Waals surface area contributed by atoms with Crippen molar-refractivity contribution in [2.45, 2.75) is 74.1 Å². The first-order valence-corrected chi connectivity index (χ1v) is 10.5. The fourth-order valence-corrected chi connectivity index (χ4v) is 1.63. The summed E-state index contributed by atoms with van der Waals surface area (Å²) in [6.07, 6.45) is 2.01. The van der Waals surface area contributed by atoms with Crippen molar-refractivity contribution in [3.63, 3.8) is 0 Å². The highest BCUT2D eigenvalue weighted by Gasteiger charge is 2.27. The van der Waals surface area contributed by atoms with E-state index in [2.05, 4.69) is 11.3 Å². The van der Waals surface area contributed by atoms with Crippen LogP contribution in [0.2, 0.25) is 0 Å². The lowest BCUT2D eigenvalue weighted by Crippen LogP contribution is -2.27. The molecule has 180 valence electrons. The second-order valence-corrected chi connectivity index (χ2v) is 8.34. The first-order chi connectivity index (χ1) is 14.2. The number of carbonyl (C=O) groups excluding carboxylic acids is 4. The maximum atomic E-state index is 11.7. The van der Waals surface area contributed by atoms with Gasteiger partial charge in [0, 0.05) is 12.0 Å². The number of hydrogen-bond acceptors (Lipinski definition) is 8. The van der Waals surface area contributed by atoms with E-state index in [9.17, 15) is 19.2 Å². The van der Waals surface area contributed by atoms with Crippen LogP contribution in [0.25, 0.3) is 0 Å². The minimum atomic E-state index is -0.531. The van der Waals surface area contributed by atoms with Gasteiger partial charge in [0.2, 0.25) is 0 Å². The van der Waals surface area contributed by atoms with Crippen LogP contribution in [-0.2, 0) is 38.1 Å². The van der Waals surface area contributed by atoms with Crippen LogP contribution < -0.4 is 0 Å². The number of methoxy groups -OCH3 is 1. The van der Waals surface area contributed by atoms with Gasteiger partial charge in [0.1, 0.15) is 13.2 Å². The Hall–Kier alpha value is -2.38. The zero-order valence-corrected chi connectivity index (χ0v) is 20.4. The van der Waals surface area contributed by atoms with Crippen molar-refractivity contribution >= 4 is 23.9 Å². The van der Waals surface area contributed by atoms with Crippen LogP contribution in [0.1, 0.15) is 74.1 Å². The van der Waals surface area contributed by atoms with Gasteiger partial charge in [-0.15, -0.1) is 0 Å². The summed E-state index contributed by atoms with van der Waals surface area (Å²) in [5, 5.41) is 0. The lowest BCUT2D eigenvalue weighted by molar-refractivity contribution is -0.159. The van der Waals surface area contributed by atoms with Crippen molar-refractivity contribution in [1.29, 1.82) is 0 Å². The van der Waals surface area contributed by atoms with Crippen LogP contribution in [0.4, 0.5) is 0 Å². The summed E-state index contributed by atoms with van der Waals surface area (Å²) in [5.74, 6) is -1.33. The molecule has 8 heteroatoms. The lowest BCUT2D eigenvalue weighted by atomic mass is 9.91. The van der Waals surface area contributed by atoms with Crippen LogP contribution in [0.3, 0.4) is 0 Å². The summed E-state index contributed by atoms with van der Waals surface area (Å²) in [7, 11) is 1.42. The van der Waals surface area contributed by atoms with Crippen molar-refractivity contribution in [3.05, 3.63) is 12.2 Å². The Labute approximate surface area is 186 Å². The number of rotatable bonds is 12. The van der Waals surface area contributed by atoms with E-state index < -0.39 is 17.4 Å². The Bertz CT molecular complexity index is 605. The molecule has 0 aromatic heterocycles. The molecule has 0 rings (SSSR count). The summed E-state index contributed by atoms with van der Waals surface area (Å²) in [6.45, 7) is 16.4. The van der Waals surface area contributed by atoms with Crippen LogP contribution in [0.15, 0.2) is 12.2 Å². The quantitative estimate of drug-likeness (QED) is 0.192. The largest absolute Gasteiger partial charge is 0.469 e. The van der Waals surface area contributed by atoms with Gasteiger partial charge in [-0.25, -0.2) is 4.79 Å². The molecule has 0 aliphatic rings. The molecule has 0 bridgehead atoms. The Morgan fingerprint density at radius 2 is 1.26 bits per heavy atom. The average Bonchev–Trinajstić information content (AvgIpc) is 2.73. The van der Waals surface area contributed by atoms with Crippen LogP contribution in [-0.4, -0.2) is 50.8 Å². The molecule has 0 saturated carbocycles. The van der Waals surface area contributed by atoms with E-state index in [1.54, 1.807) is 20.8 Å². The third-order valence-corrected chi connectivity index (χ3v) is 4.74. The molecule has 0 aliphatic carbocycles. The van der Waals surface area contributed by atoms with E-state index in [1.165, 1.54) is 7.11 Å². The molecule has 0 amide bonds. The van der Waals surface area contributed by atoms with Gasteiger partial charge in [-0.1, -0.05) is 20.4 Å². The summed E-state index contributed by atoms with van der Waals surface area (Å²) in [4.78, 5) is 45.0. The predicted octanol–water partition coefficient (Wildman–Crippen LogP) is 4.00. The Balaban J connectivity index is 0. The molecule has 0 unspecified atom stereocenters. The highest BCUT2D eigenvalue weighted by molar-refractivity contribution is 5.86. The highest BCUT2D eigenvalue weighted by atomic mass is 16.6. The molecule has 0 saturated heterocycles. The van der Waals surface area contributed by atoms with Gasteiger partial charge in [0.05, 0.1) is 24.5 Å². The maximum absolute atomic E-state index is 11.7. The van der Waals surface area contributed by atoms with Crippen LogP contribution in [0.5, 0.6) is 0 Å². The van der Waals surface area contributed by atoms with Crippen molar-refractivity contribution in [3.8, 4) is 0 Å². The highest BCUT2D eigenvalue weighted by Crippen LogP contribution is 2.21. The lowest BCUT2D eigenvalue weighted by Gasteiger charge is -2.20. The third-order valence-electron chi connectivity index (χ3n) is 4.74. The molecule has 0 atom stereocenters. The molecule has 0 aliphatic heterocycles. The van der Waals surface area contributed by atoms with Crippen molar-refractivity contribution < 1.29 is 38.1 Å². The molecule has 0 N–H and O–H groups in total. The monoisotopic (exact) mass is 444 g/mol. The Morgan fingerprint density at radius 3 is 1.68 bits per heavy atom.